The number of amides is 1. The predicted octanol–water partition coefficient (Wildman–Crippen LogP) is 2.20. The lowest BCUT2D eigenvalue weighted by Gasteiger charge is -2.19. The van der Waals surface area contributed by atoms with Gasteiger partial charge in [0.1, 0.15) is 6.29 Å². The van der Waals surface area contributed by atoms with E-state index in [2.05, 4.69) is 5.32 Å². The highest BCUT2D eigenvalue weighted by Crippen LogP contribution is 2.10. The Kier molecular flexibility index (Phi) is 5.56. The first-order valence-electron chi connectivity index (χ1n) is 6.34. The third-order valence-corrected chi connectivity index (χ3v) is 3.20. The normalized spacial score (nSPS) is 14.0. The molecule has 2 unspecified atom stereocenters. The molecule has 0 fully saturated rings. The smallest absolute Gasteiger partial charge is 0.223 e. The van der Waals surface area contributed by atoms with Crippen molar-refractivity contribution in [3.63, 3.8) is 0 Å². The summed E-state index contributed by atoms with van der Waals surface area (Å²) in [6.45, 7) is 5.87. The summed E-state index contributed by atoms with van der Waals surface area (Å²) in [5.41, 5.74) is 1.05. The molecule has 2 atom stereocenters. The van der Waals surface area contributed by atoms with Crippen LogP contribution in [0, 0.1) is 11.8 Å². The van der Waals surface area contributed by atoms with E-state index in [0.717, 1.165) is 11.8 Å². The van der Waals surface area contributed by atoms with Crippen molar-refractivity contribution in [1.29, 1.82) is 0 Å². The van der Waals surface area contributed by atoms with E-state index in [-0.39, 0.29) is 17.7 Å². The fourth-order valence-electron chi connectivity index (χ4n) is 1.62. The van der Waals surface area contributed by atoms with Crippen molar-refractivity contribution in [1.82, 2.24) is 5.32 Å². The minimum Gasteiger partial charge on any atom is -0.346 e. The number of nitrogens with one attached hydrogen (secondary N) is 1. The van der Waals surface area contributed by atoms with Crippen molar-refractivity contribution >= 4 is 12.2 Å². The van der Waals surface area contributed by atoms with Crippen LogP contribution in [0.4, 0.5) is 0 Å². The minimum atomic E-state index is -0.443. The quantitative estimate of drug-likeness (QED) is 0.783. The molecule has 1 aromatic carbocycles. The van der Waals surface area contributed by atoms with E-state index >= 15 is 0 Å². The zero-order valence-electron chi connectivity index (χ0n) is 11.2. The molecule has 0 aliphatic heterocycles. The average Bonchev–Trinajstić information content (AvgIpc) is 2.37. The van der Waals surface area contributed by atoms with Gasteiger partial charge in [-0.2, -0.15) is 0 Å². The van der Waals surface area contributed by atoms with Crippen LogP contribution in [0.3, 0.4) is 0 Å². The molecule has 1 rings (SSSR count). The highest BCUT2D eigenvalue weighted by atomic mass is 16.2. The maximum atomic E-state index is 11.9. The summed E-state index contributed by atoms with van der Waals surface area (Å²) >= 11 is 0. The van der Waals surface area contributed by atoms with Crippen LogP contribution in [0.5, 0.6) is 0 Å². The lowest BCUT2D eigenvalue weighted by molar-refractivity contribution is -0.128. The van der Waals surface area contributed by atoms with Gasteiger partial charge in [0.05, 0.1) is 6.04 Å². The van der Waals surface area contributed by atoms with Crippen molar-refractivity contribution in [3.05, 3.63) is 35.9 Å². The number of benzene rings is 1. The van der Waals surface area contributed by atoms with Gasteiger partial charge in [-0.3, -0.25) is 4.79 Å². The second-order valence-corrected chi connectivity index (χ2v) is 4.97. The van der Waals surface area contributed by atoms with Crippen LogP contribution >= 0.6 is 0 Å². The Bertz CT molecular complexity index is 387. The molecular weight excluding hydrogens is 226 g/mol. The molecule has 0 aromatic heterocycles. The van der Waals surface area contributed by atoms with E-state index in [1.54, 1.807) is 0 Å². The molecule has 0 aliphatic carbocycles. The second kappa shape index (κ2) is 6.94. The SMILES string of the molecule is CC(C)C(C)C(=O)NC(C=O)Cc1ccccc1. The van der Waals surface area contributed by atoms with Crippen LogP contribution in [-0.2, 0) is 16.0 Å². The molecule has 0 spiro atoms. The lowest BCUT2D eigenvalue weighted by Crippen LogP contribution is -2.41. The third kappa shape index (κ3) is 4.32. The Labute approximate surface area is 109 Å². The molecule has 0 saturated carbocycles. The summed E-state index contributed by atoms with van der Waals surface area (Å²) in [5, 5.41) is 2.79. The minimum absolute atomic E-state index is 0.0574. The summed E-state index contributed by atoms with van der Waals surface area (Å²) in [6, 6.07) is 9.24. The standard InChI is InChI=1S/C15H21NO2/c1-11(2)12(3)15(18)16-14(10-17)9-13-7-5-4-6-8-13/h4-8,10-12,14H,9H2,1-3H3,(H,16,18). The number of hydrogen-bond acceptors (Lipinski definition) is 2. The number of rotatable bonds is 6. The van der Waals surface area contributed by atoms with E-state index in [1.807, 2.05) is 51.1 Å². The van der Waals surface area contributed by atoms with Gasteiger partial charge in [0, 0.05) is 5.92 Å². The number of carbonyl (C=O) groups is 2. The van der Waals surface area contributed by atoms with Crippen LogP contribution in [0.1, 0.15) is 26.3 Å². The van der Waals surface area contributed by atoms with Gasteiger partial charge in [0.2, 0.25) is 5.91 Å². The largest absolute Gasteiger partial charge is 0.346 e. The number of hydrogen-bond donors (Lipinski definition) is 1. The van der Waals surface area contributed by atoms with Gasteiger partial charge in [-0.15, -0.1) is 0 Å². The molecule has 3 heteroatoms. The van der Waals surface area contributed by atoms with Gasteiger partial charge < -0.3 is 10.1 Å². The first-order chi connectivity index (χ1) is 8.54. The van der Waals surface area contributed by atoms with Gasteiger partial charge in [-0.1, -0.05) is 51.1 Å². The maximum absolute atomic E-state index is 11.9. The van der Waals surface area contributed by atoms with Gasteiger partial charge in [0.25, 0.3) is 0 Å². The fraction of sp³-hybridized carbons (Fsp3) is 0.467. The van der Waals surface area contributed by atoms with Crippen LogP contribution in [0.2, 0.25) is 0 Å². The average molecular weight is 247 g/mol. The topological polar surface area (TPSA) is 46.2 Å². The van der Waals surface area contributed by atoms with Crippen LogP contribution in [-0.4, -0.2) is 18.2 Å². The van der Waals surface area contributed by atoms with E-state index < -0.39 is 6.04 Å². The van der Waals surface area contributed by atoms with Crippen LogP contribution in [0.15, 0.2) is 30.3 Å². The molecule has 98 valence electrons. The summed E-state index contributed by atoms with van der Waals surface area (Å²) in [5.74, 6) is 0.135. The number of carbonyl (C=O) groups excluding carboxylic acids is 2. The first-order valence-corrected chi connectivity index (χ1v) is 6.34. The molecule has 0 radical (unpaired) electrons. The van der Waals surface area contributed by atoms with E-state index in [0.29, 0.717) is 6.42 Å². The Morgan fingerprint density at radius 2 is 1.83 bits per heavy atom. The van der Waals surface area contributed by atoms with Gasteiger partial charge >= 0.3 is 0 Å². The highest BCUT2D eigenvalue weighted by molar-refractivity contribution is 5.81. The summed E-state index contributed by atoms with van der Waals surface area (Å²) in [6.07, 6.45) is 1.35. The lowest BCUT2D eigenvalue weighted by atomic mass is 9.96. The van der Waals surface area contributed by atoms with Crippen molar-refractivity contribution < 1.29 is 9.59 Å². The van der Waals surface area contributed by atoms with Gasteiger partial charge in [-0.25, -0.2) is 0 Å². The molecule has 0 bridgehead atoms. The Balaban J connectivity index is 2.58. The zero-order chi connectivity index (χ0) is 13.5. The molecule has 3 nitrogen and oxygen atoms in total. The van der Waals surface area contributed by atoms with Gasteiger partial charge in [0.15, 0.2) is 0 Å². The highest BCUT2D eigenvalue weighted by Gasteiger charge is 2.19. The second-order valence-electron chi connectivity index (χ2n) is 4.97. The molecule has 1 aromatic rings. The zero-order valence-corrected chi connectivity index (χ0v) is 11.2. The molecule has 1 N–H and O–H groups in total. The third-order valence-electron chi connectivity index (χ3n) is 3.20. The molecule has 18 heavy (non-hydrogen) atoms. The molecular formula is C15H21NO2. The summed E-state index contributed by atoms with van der Waals surface area (Å²) in [7, 11) is 0. The molecule has 0 aliphatic rings. The predicted molar refractivity (Wildman–Crippen MR) is 72.1 cm³/mol. The molecule has 0 saturated heterocycles. The Morgan fingerprint density at radius 3 is 2.33 bits per heavy atom. The van der Waals surface area contributed by atoms with Crippen molar-refractivity contribution in [2.75, 3.05) is 0 Å². The summed E-state index contributed by atoms with van der Waals surface area (Å²) < 4.78 is 0. The van der Waals surface area contributed by atoms with Crippen molar-refractivity contribution in [3.8, 4) is 0 Å². The maximum Gasteiger partial charge on any atom is 0.223 e. The van der Waals surface area contributed by atoms with E-state index in [9.17, 15) is 9.59 Å². The summed E-state index contributed by atoms with van der Waals surface area (Å²) in [4.78, 5) is 22.9. The fourth-order valence-corrected chi connectivity index (χ4v) is 1.62. The van der Waals surface area contributed by atoms with Crippen molar-refractivity contribution in [2.45, 2.75) is 33.2 Å². The Hall–Kier alpha value is -1.64. The number of aldehydes is 1. The van der Waals surface area contributed by atoms with Crippen molar-refractivity contribution in [2.24, 2.45) is 11.8 Å². The Morgan fingerprint density at radius 1 is 1.22 bits per heavy atom. The first kappa shape index (κ1) is 14.4. The van der Waals surface area contributed by atoms with Gasteiger partial charge in [-0.05, 0) is 17.9 Å². The van der Waals surface area contributed by atoms with E-state index in [1.165, 1.54) is 0 Å². The van der Waals surface area contributed by atoms with Crippen LogP contribution in [0.25, 0.3) is 0 Å². The molecule has 0 heterocycles. The van der Waals surface area contributed by atoms with E-state index in [4.69, 9.17) is 0 Å². The molecule has 1 amide bonds. The van der Waals surface area contributed by atoms with Crippen LogP contribution < -0.4 is 5.32 Å². The monoisotopic (exact) mass is 247 g/mol.